The molecule has 6 heteroatoms. The van der Waals surface area contributed by atoms with Gasteiger partial charge in [-0.3, -0.25) is 4.79 Å². The van der Waals surface area contributed by atoms with Gasteiger partial charge in [0.25, 0.3) is 0 Å². The molecule has 0 aliphatic carbocycles. The van der Waals surface area contributed by atoms with Gasteiger partial charge in [-0.2, -0.15) is 0 Å². The molecular formula is C10H16N4O2. The van der Waals surface area contributed by atoms with Crippen molar-refractivity contribution >= 4 is 5.97 Å². The zero-order chi connectivity index (χ0) is 12.2. The molecule has 1 aliphatic rings. The molecule has 1 aliphatic heterocycles. The van der Waals surface area contributed by atoms with E-state index in [1.54, 1.807) is 6.08 Å². The Morgan fingerprint density at radius 3 is 3.06 bits per heavy atom. The minimum Gasteiger partial charge on any atom is -0.468 e. The molecule has 1 heterocycles. The molecule has 1 rings (SSSR count). The number of allylic oxidation sites excluding steroid dienone is 1. The summed E-state index contributed by atoms with van der Waals surface area (Å²) >= 11 is 0. The maximum atomic E-state index is 11.8. The molecule has 0 radical (unpaired) electrons. The molecule has 0 N–H and O–H groups in total. The summed E-state index contributed by atoms with van der Waals surface area (Å²) in [5, 5.41) is 3.69. The van der Waals surface area contributed by atoms with Crippen molar-refractivity contribution in [1.29, 1.82) is 0 Å². The van der Waals surface area contributed by atoms with Gasteiger partial charge in [0.1, 0.15) is 0 Å². The molecule has 88 valence electrons. The van der Waals surface area contributed by atoms with Gasteiger partial charge in [0.15, 0.2) is 5.54 Å². The Balaban J connectivity index is 3.10. The van der Waals surface area contributed by atoms with Gasteiger partial charge in [-0.25, -0.2) is 0 Å². The number of esters is 1. The Morgan fingerprint density at radius 1 is 1.88 bits per heavy atom. The molecule has 2 atom stereocenters. The summed E-state index contributed by atoms with van der Waals surface area (Å²) < 4.78 is 4.75. The Kier molecular flexibility index (Phi) is 3.93. The van der Waals surface area contributed by atoms with Crippen LogP contribution in [0.4, 0.5) is 0 Å². The highest BCUT2D eigenvalue weighted by Crippen LogP contribution is 2.34. The number of carbonyl (C=O) groups excluding carboxylic acids is 1. The first kappa shape index (κ1) is 12.5. The molecule has 0 aromatic carbocycles. The van der Waals surface area contributed by atoms with E-state index in [0.29, 0.717) is 19.5 Å². The Hall–Kier alpha value is -1.52. The van der Waals surface area contributed by atoms with E-state index in [1.165, 1.54) is 7.11 Å². The molecule has 0 unspecified atom stereocenters. The van der Waals surface area contributed by atoms with Crippen molar-refractivity contribution in [2.24, 2.45) is 11.0 Å². The molecule has 6 nitrogen and oxygen atoms in total. The van der Waals surface area contributed by atoms with E-state index in [1.807, 2.05) is 11.9 Å². The molecule has 1 fully saturated rings. The lowest BCUT2D eigenvalue weighted by Gasteiger charge is -2.25. The maximum Gasteiger partial charge on any atom is 0.319 e. The van der Waals surface area contributed by atoms with E-state index in [0.717, 1.165) is 0 Å². The summed E-state index contributed by atoms with van der Waals surface area (Å²) in [7, 11) is 3.19. The van der Waals surface area contributed by atoms with Crippen molar-refractivity contribution in [3.63, 3.8) is 0 Å². The SMILES string of the molecule is C=CC[C@H]1CN(C)C[C@@]1(N=[N+]=[N-])C(=O)OC. The third-order valence-electron chi connectivity index (χ3n) is 2.93. The van der Waals surface area contributed by atoms with Crippen LogP contribution >= 0.6 is 0 Å². The number of azide groups is 1. The quantitative estimate of drug-likeness (QED) is 0.238. The van der Waals surface area contributed by atoms with Gasteiger partial charge in [-0.1, -0.05) is 11.2 Å². The fourth-order valence-electron chi connectivity index (χ4n) is 2.24. The van der Waals surface area contributed by atoms with Crippen molar-refractivity contribution in [3.05, 3.63) is 23.1 Å². The lowest BCUT2D eigenvalue weighted by molar-refractivity contribution is -0.147. The van der Waals surface area contributed by atoms with Gasteiger partial charge >= 0.3 is 5.97 Å². The number of likely N-dealkylation sites (N-methyl/N-ethyl adjacent to an activating group) is 1. The van der Waals surface area contributed by atoms with E-state index in [-0.39, 0.29) is 5.92 Å². The molecule has 0 aromatic rings. The number of methoxy groups -OCH3 is 1. The molecular weight excluding hydrogens is 208 g/mol. The third kappa shape index (κ3) is 2.03. The van der Waals surface area contributed by atoms with E-state index in [4.69, 9.17) is 10.3 Å². The highest BCUT2D eigenvalue weighted by atomic mass is 16.5. The Bertz CT molecular complexity index is 338. The number of carbonyl (C=O) groups is 1. The highest BCUT2D eigenvalue weighted by molar-refractivity contribution is 5.82. The lowest BCUT2D eigenvalue weighted by atomic mass is 9.85. The molecule has 16 heavy (non-hydrogen) atoms. The van der Waals surface area contributed by atoms with Gasteiger partial charge in [0.2, 0.25) is 0 Å². The van der Waals surface area contributed by atoms with Crippen molar-refractivity contribution in [1.82, 2.24) is 4.90 Å². The molecule has 0 aromatic heterocycles. The van der Waals surface area contributed by atoms with Crippen molar-refractivity contribution in [2.45, 2.75) is 12.0 Å². The van der Waals surface area contributed by atoms with E-state index in [2.05, 4.69) is 16.6 Å². The van der Waals surface area contributed by atoms with Gasteiger partial charge in [-0.05, 0) is 24.9 Å². The molecule has 0 amide bonds. The molecule has 1 saturated heterocycles. The van der Waals surface area contributed by atoms with Crippen LogP contribution in [0, 0.1) is 5.92 Å². The third-order valence-corrected chi connectivity index (χ3v) is 2.93. The normalized spacial score (nSPS) is 29.5. The largest absolute Gasteiger partial charge is 0.468 e. The van der Waals surface area contributed by atoms with Crippen LogP contribution < -0.4 is 0 Å². The van der Waals surface area contributed by atoms with Gasteiger partial charge in [0, 0.05) is 18.0 Å². The highest BCUT2D eigenvalue weighted by Gasteiger charge is 2.51. The van der Waals surface area contributed by atoms with Crippen LogP contribution in [-0.2, 0) is 9.53 Å². The Labute approximate surface area is 94.5 Å². The fraction of sp³-hybridized carbons (Fsp3) is 0.700. The van der Waals surface area contributed by atoms with Crippen LogP contribution in [0.15, 0.2) is 17.8 Å². The first-order valence-corrected chi connectivity index (χ1v) is 5.04. The van der Waals surface area contributed by atoms with Crippen molar-refractivity contribution < 1.29 is 9.53 Å². The fourth-order valence-corrected chi connectivity index (χ4v) is 2.24. The standard InChI is InChI=1S/C10H16N4O2/c1-4-5-8-6-14(2)7-10(8,12-13-11)9(15)16-3/h4,8H,1,5-7H2,2-3H3/t8-,10-/m0/s1. The van der Waals surface area contributed by atoms with Crippen LogP contribution in [0.5, 0.6) is 0 Å². The summed E-state index contributed by atoms with van der Waals surface area (Å²) in [6.45, 7) is 4.74. The van der Waals surface area contributed by atoms with Gasteiger partial charge in [-0.15, -0.1) is 6.58 Å². The smallest absolute Gasteiger partial charge is 0.319 e. The summed E-state index contributed by atoms with van der Waals surface area (Å²) in [4.78, 5) is 16.6. The van der Waals surface area contributed by atoms with Crippen LogP contribution in [0.25, 0.3) is 10.4 Å². The maximum absolute atomic E-state index is 11.8. The van der Waals surface area contributed by atoms with Crippen LogP contribution in [-0.4, -0.2) is 43.7 Å². The number of likely N-dealkylation sites (tertiary alicyclic amines) is 1. The first-order chi connectivity index (χ1) is 7.60. The number of rotatable bonds is 4. The lowest BCUT2D eigenvalue weighted by Crippen LogP contribution is -2.44. The topological polar surface area (TPSA) is 78.3 Å². The average Bonchev–Trinajstić information content (AvgIpc) is 2.56. The zero-order valence-corrected chi connectivity index (χ0v) is 9.59. The predicted molar refractivity (Wildman–Crippen MR) is 59.7 cm³/mol. The second kappa shape index (κ2) is 5.01. The predicted octanol–water partition coefficient (Wildman–Crippen LogP) is 1.35. The minimum absolute atomic E-state index is 0.0710. The molecule has 0 bridgehead atoms. The molecule has 0 spiro atoms. The summed E-state index contributed by atoms with van der Waals surface area (Å²) in [5.41, 5.74) is 7.51. The summed E-state index contributed by atoms with van der Waals surface area (Å²) in [6.07, 6.45) is 2.35. The second-order valence-electron chi connectivity index (χ2n) is 4.02. The number of hydrogen-bond donors (Lipinski definition) is 0. The number of ether oxygens (including phenoxy) is 1. The number of hydrogen-bond acceptors (Lipinski definition) is 4. The van der Waals surface area contributed by atoms with Crippen LogP contribution in [0.2, 0.25) is 0 Å². The van der Waals surface area contributed by atoms with E-state index >= 15 is 0 Å². The van der Waals surface area contributed by atoms with Gasteiger partial charge < -0.3 is 9.64 Å². The first-order valence-electron chi connectivity index (χ1n) is 5.04. The zero-order valence-electron chi connectivity index (χ0n) is 9.59. The van der Waals surface area contributed by atoms with Crippen molar-refractivity contribution in [3.8, 4) is 0 Å². The number of nitrogens with zero attached hydrogens (tertiary/aromatic N) is 4. The van der Waals surface area contributed by atoms with Crippen molar-refractivity contribution in [2.75, 3.05) is 27.2 Å². The Morgan fingerprint density at radius 2 is 2.56 bits per heavy atom. The van der Waals surface area contributed by atoms with Crippen LogP contribution in [0.3, 0.4) is 0 Å². The van der Waals surface area contributed by atoms with E-state index in [9.17, 15) is 4.79 Å². The average molecular weight is 224 g/mol. The molecule has 0 saturated carbocycles. The summed E-state index contributed by atoms with van der Waals surface area (Å²) in [6, 6.07) is 0. The monoisotopic (exact) mass is 224 g/mol. The summed E-state index contributed by atoms with van der Waals surface area (Å²) in [5.74, 6) is -0.542. The van der Waals surface area contributed by atoms with Crippen LogP contribution in [0.1, 0.15) is 6.42 Å². The van der Waals surface area contributed by atoms with Gasteiger partial charge in [0.05, 0.1) is 7.11 Å². The minimum atomic E-state index is -1.10. The second-order valence-corrected chi connectivity index (χ2v) is 4.02. The van der Waals surface area contributed by atoms with E-state index < -0.39 is 11.5 Å².